The van der Waals surface area contributed by atoms with Gasteiger partial charge in [-0.15, -0.1) is 10.2 Å². The molecule has 1 N–H and O–H groups in total. The van der Waals surface area contributed by atoms with Gasteiger partial charge in [-0.05, 0) is 46.3 Å². The predicted molar refractivity (Wildman–Crippen MR) is 102 cm³/mol. The van der Waals surface area contributed by atoms with Crippen LogP contribution in [0.25, 0.3) is 0 Å². The van der Waals surface area contributed by atoms with Crippen molar-refractivity contribution in [1.82, 2.24) is 15.1 Å². The molecule has 2 aromatic heterocycles. The Morgan fingerprint density at radius 3 is 2.57 bits per heavy atom. The van der Waals surface area contributed by atoms with Gasteiger partial charge in [-0.2, -0.15) is 0 Å². The SMILES string of the molecule is O=C(CC(c1ccc(Br)o1)N1C(=O)C2C3C=CC(C3)C2C1=O)Nc1nncs1. The van der Waals surface area contributed by atoms with Crippen molar-refractivity contribution in [2.24, 2.45) is 23.7 Å². The summed E-state index contributed by atoms with van der Waals surface area (Å²) in [5.41, 5.74) is 1.51. The number of furan rings is 1. The zero-order valence-electron chi connectivity index (χ0n) is 14.4. The minimum atomic E-state index is -0.802. The summed E-state index contributed by atoms with van der Waals surface area (Å²) in [5, 5.41) is 10.5. The van der Waals surface area contributed by atoms with Crippen molar-refractivity contribution >= 4 is 50.1 Å². The molecule has 0 spiro atoms. The molecule has 2 aliphatic carbocycles. The number of likely N-dealkylation sites (tertiary alicyclic amines) is 1. The molecule has 2 bridgehead atoms. The summed E-state index contributed by atoms with van der Waals surface area (Å²) in [6, 6.07) is 2.56. The monoisotopic (exact) mass is 462 g/mol. The summed E-state index contributed by atoms with van der Waals surface area (Å²) in [6.07, 6.45) is 4.83. The van der Waals surface area contributed by atoms with Crippen molar-refractivity contribution in [3.8, 4) is 0 Å². The average molecular weight is 463 g/mol. The first-order valence-corrected chi connectivity index (χ1v) is 10.6. The molecule has 0 aromatic carbocycles. The molecule has 5 atom stereocenters. The van der Waals surface area contributed by atoms with Crippen molar-refractivity contribution in [1.29, 1.82) is 0 Å². The zero-order valence-corrected chi connectivity index (χ0v) is 16.9. The zero-order chi connectivity index (χ0) is 19.4. The van der Waals surface area contributed by atoms with Crippen molar-refractivity contribution in [3.05, 3.63) is 40.2 Å². The number of anilines is 1. The minimum Gasteiger partial charge on any atom is -0.452 e. The molecule has 8 nitrogen and oxygen atoms in total. The highest BCUT2D eigenvalue weighted by atomic mass is 79.9. The van der Waals surface area contributed by atoms with Gasteiger partial charge in [-0.25, -0.2) is 0 Å². The fourth-order valence-electron chi connectivity index (χ4n) is 4.63. The van der Waals surface area contributed by atoms with Gasteiger partial charge in [0.2, 0.25) is 22.9 Å². The number of rotatable bonds is 5. The summed E-state index contributed by atoms with van der Waals surface area (Å²) >= 11 is 4.44. The second kappa shape index (κ2) is 6.63. The fraction of sp³-hybridized carbons (Fsp3) is 0.389. The molecule has 3 heterocycles. The first-order valence-electron chi connectivity index (χ1n) is 8.89. The highest BCUT2D eigenvalue weighted by Crippen LogP contribution is 2.54. The van der Waals surface area contributed by atoms with Gasteiger partial charge in [0, 0.05) is 0 Å². The van der Waals surface area contributed by atoms with Crippen LogP contribution < -0.4 is 5.32 Å². The third kappa shape index (κ3) is 2.74. The van der Waals surface area contributed by atoms with Crippen molar-refractivity contribution < 1.29 is 18.8 Å². The molecular weight excluding hydrogens is 448 g/mol. The Labute approximate surface area is 172 Å². The summed E-state index contributed by atoms with van der Waals surface area (Å²) in [4.78, 5) is 40.2. The number of carbonyl (C=O) groups excluding carboxylic acids is 3. The molecule has 2 fully saturated rings. The highest BCUT2D eigenvalue weighted by Gasteiger charge is 2.60. The number of fused-ring (bicyclic) bond motifs is 5. The molecule has 10 heteroatoms. The Kier molecular flexibility index (Phi) is 4.20. The Balaban J connectivity index is 1.44. The molecule has 28 heavy (non-hydrogen) atoms. The largest absolute Gasteiger partial charge is 0.452 e. The molecule has 1 saturated carbocycles. The third-order valence-corrected chi connectivity index (χ3v) is 6.76. The fourth-order valence-corrected chi connectivity index (χ4v) is 5.41. The van der Waals surface area contributed by atoms with E-state index in [-0.39, 0.29) is 47.8 Å². The van der Waals surface area contributed by atoms with E-state index >= 15 is 0 Å². The van der Waals surface area contributed by atoms with E-state index in [2.05, 4.69) is 31.4 Å². The van der Waals surface area contributed by atoms with Crippen LogP contribution in [0.4, 0.5) is 5.13 Å². The van der Waals surface area contributed by atoms with E-state index in [0.29, 0.717) is 15.6 Å². The smallest absolute Gasteiger partial charge is 0.234 e. The number of amides is 3. The summed E-state index contributed by atoms with van der Waals surface area (Å²) < 4.78 is 6.10. The van der Waals surface area contributed by atoms with Crippen LogP contribution in [-0.4, -0.2) is 32.8 Å². The summed E-state index contributed by atoms with van der Waals surface area (Å²) in [6.45, 7) is 0. The molecule has 0 radical (unpaired) electrons. The normalized spacial score (nSPS) is 28.8. The third-order valence-electron chi connectivity index (χ3n) is 5.72. The van der Waals surface area contributed by atoms with Gasteiger partial charge in [0.05, 0.1) is 18.3 Å². The van der Waals surface area contributed by atoms with Crippen LogP contribution in [0, 0.1) is 23.7 Å². The number of hydrogen-bond acceptors (Lipinski definition) is 7. The maximum absolute atomic E-state index is 13.2. The molecule has 2 aromatic rings. The second-order valence-corrected chi connectivity index (χ2v) is 8.82. The predicted octanol–water partition coefficient (Wildman–Crippen LogP) is 2.77. The van der Waals surface area contributed by atoms with E-state index in [0.717, 1.165) is 6.42 Å². The lowest BCUT2D eigenvalue weighted by atomic mass is 9.85. The Hall–Kier alpha value is -2.33. The number of hydrogen-bond donors (Lipinski definition) is 1. The van der Waals surface area contributed by atoms with Crippen LogP contribution in [0.15, 0.2) is 38.9 Å². The Morgan fingerprint density at radius 1 is 1.29 bits per heavy atom. The van der Waals surface area contributed by atoms with E-state index in [1.54, 1.807) is 12.1 Å². The molecule has 3 aliphatic rings. The van der Waals surface area contributed by atoms with Crippen molar-refractivity contribution in [3.63, 3.8) is 0 Å². The van der Waals surface area contributed by atoms with Gasteiger partial charge in [-0.3, -0.25) is 19.3 Å². The van der Waals surface area contributed by atoms with Crippen LogP contribution in [0.5, 0.6) is 0 Å². The number of nitrogens with zero attached hydrogens (tertiary/aromatic N) is 3. The molecule has 3 amide bonds. The van der Waals surface area contributed by atoms with Crippen LogP contribution in [-0.2, 0) is 14.4 Å². The van der Waals surface area contributed by atoms with Crippen LogP contribution >= 0.6 is 27.3 Å². The second-order valence-electron chi connectivity index (χ2n) is 7.20. The standard InChI is InChI=1S/C18H15BrN4O4S/c19-12-4-3-11(27-12)10(6-13(24)21-18-22-20-7-28-18)23-16(25)14-8-1-2-9(5-8)15(14)17(23)26/h1-4,7-10,14-15H,5-6H2,(H,21,22,24). The van der Waals surface area contributed by atoms with Gasteiger partial charge >= 0.3 is 0 Å². The number of nitrogens with one attached hydrogen (secondary N) is 1. The highest BCUT2D eigenvalue weighted by molar-refractivity contribution is 9.10. The van der Waals surface area contributed by atoms with Gasteiger partial charge < -0.3 is 9.73 Å². The lowest BCUT2D eigenvalue weighted by molar-refractivity contribution is -0.144. The number of imide groups is 1. The van der Waals surface area contributed by atoms with Crippen LogP contribution in [0.1, 0.15) is 24.6 Å². The number of halogens is 1. The summed E-state index contributed by atoms with van der Waals surface area (Å²) in [7, 11) is 0. The average Bonchev–Trinajstić information content (AvgIpc) is 3.45. The van der Waals surface area contributed by atoms with Gasteiger partial charge in [-0.1, -0.05) is 23.5 Å². The molecule has 1 aliphatic heterocycles. The van der Waals surface area contributed by atoms with Gasteiger partial charge in [0.25, 0.3) is 0 Å². The first-order chi connectivity index (χ1) is 13.5. The summed E-state index contributed by atoms with van der Waals surface area (Å²) in [5.74, 6) is -0.842. The van der Waals surface area contributed by atoms with E-state index in [1.165, 1.54) is 21.7 Å². The number of aromatic nitrogens is 2. The van der Waals surface area contributed by atoms with E-state index in [4.69, 9.17) is 4.42 Å². The lowest BCUT2D eigenvalue weighted by Crippen LogP contribution is -2.38. The maximum Gasteiger partial charge on any atom is 0.234 e. The molecule has 1 saturated heterocycles. The number of allylic oxidation sites excluding steroid dienone is 2. The van der Waals surface area contributed by atoms with Gasteiger partial charge in [0.15, 0.2) is 4.67 Å². The molecular formula is C18H15BrN4O4S. The van der Waals surface area contributed by atoms with Crippen molar-refractivity contribution in [2.45, 2.75) is 18.9 Å². The Morgan fingerprint density at radius 2 is 2.00 bits per heavy atom. The van der Waals surface area contributed by atoms with Crippen LogP contribution in [0.2, 0.25) is 0 Å². The molecule has 144 valence electrons. The van der Waals surface area contributed by atoms with E-state index < -0.39 is 6.04 Å². The van der Waals surface area contributed by atoms with Crippen molar-refractivity contribution in [2.75, 3.05) is 5.32 Å². The quantitative estimate of drug-likeness (QED) is 0.540. The minimum absolute atomic E-state index is 0.107. The Bertz CT molecular complexity index is 958. The topological polar surface area (TPSA) is 105 Å². The maximum atomic E-state index is 13.2. The first kappa shape index (κ1) is 17.7. The molecule has 5 unspecified atom stereocenters. The van der Waals surface area contributed by atoms with Crippen LogP contribution in [0.3, 0.4) is 0 Å². The molecule has 5 rings (SSSR count). The number of carbonyl (C=O) groups is 3. The van der Waals surface area contributed by atoms with E-state index in [1.807, 2.05) is 12.2 Å². The lowest BCUT2D eigenvalue weighted by Gasteiger charge is -2.25. The van der Waals surface area contributed by atoms with Gasteiger partial charge in [0.1, 0.15) is 17.3 Å². The van der Waals surface area contributed by atoms with E-state index in [9.17, 15) is 14.4 Å².